The van der Waals surface area contributed by atoms with Crippen molar-refractivity contribution < 1.29 is 4.79 Å². The van der Waals surface area contributed by atoms with E-state index in [0.29, 0.717) is 23.4 Å². The summed E-state index contributed by atoms with van der Waals surface area (Å²) in [5.41, 5.74) is 5.24. The van der Waals surface area contributed by atoms with Gasteiger partial charge in [-0.1, -0.05) is 24.3 Å². The molecule has 0 bridgehead atoms. The molecule has 1 aliphatic heterocycles. The number of likely N-dealkylation sites (N-methyl/N-ethyl adjacent to an activating group) is 1. The number of hydrogen-bond acceptors (Lipinski definition) is 5. The first-order valence-electron chi connectivity index (χ1n) is 11.0. The van der Waals surface area contributed by atoms with Crippen LogP contribution in [0.4, 0.5) is 10.8 Å². The third-order valence-corrected chi connectivity index (χ3v) is 6.75. The van der Waals surface area contributed by atoms with Crippen LogP contribution in [0.2, 0.25) is 0 Å². The van der Waals surface area contributed by atoms with E-state index in [4.69, 9.17) is 0 Å². The predicted octanol–water partition coefficient (Wildman–Crippen LogP) is 5.10. The first-order chi connectivity index (χ1) is 16.2. The molecule has 6 nitrogen and oxygen atoms in total. The third-order valence-electron chi connectivity index (χ3n) is 5.97. The Morgan fingerprint density at radius 3 is 2.91 bits per heavy atom. The summed E-state index contributed by atoms with van der Waals surface area (Å²) in [4.78, 5) is 23.8. The lowest BCUT2D eigenvalue weighted by atomic mass is 9.96. The molecule has 3 aromatic heterocycles. The van der Waals surface area contributed by atoms with Crippen LogP contribution in [0.15, 0.2) is 78.6 Å². The summed E-state index contributed by atoms with van der Waals surface area (Å²) in [5.74, 6) is -0.164. The van der Waals surface area contributed by atoms with E-state index >= 15 is 0 Å². The fourth-order valence-electron chi connectivity index (χ4n) is 4.20. The summed E-state index contributed by atoms with van der Waals surface area (Å²) in [6.45, 7) is 0.613. The van der Waals surface area contributed by atoms with E-state index in [1.165, 1.54) is 22.6 Å². The quantitative estimate of drug-likeness (QED) is 0.439. The number of carbonyl (C=O) groups is 1. The molecule has 7 heteroatoms. The number of thiazole rings is 1. The number of rotatable bonds is 6. The number of pyridine rings is 1. The van der Waals surface area contributed by atoms with Gasteiger partial charge in [0, 0.05) is 49.3 Å². The smallest absolute Gasteiger partial charge is 0.274 e. The molecule has 1 aromatic carbocycles. The zero-order valence-electron chi connectivity index (χ0n) is 18.4. The molecule has 1 N–H and O–H groups in total. The summed E-state index contributed by atoms with van der Waals surface area (Å²) < 4.78 is 1.93. The molecule has 1 atom stereocenters. The second-order valence-corrected chi connectivity index (χ2v) is 8.97. The van der Waals surface area contributed by atoms with E-state index in [-0.39, 0.29) is 5.91 Å². The summed E-state index contributed by atoms with van der Waals surface area (Å²) in [6, 6.07) is 16.5. The maximum atomic E-state index is 12.9. The van der Waals surface area contributed by atoms with Crippen LogP contribution in [0.1, 0.15) is 33.7 Å². The molecule has 33 heavy (non-hydrogen) atoms. The van der Waals surface area contributed by atoms with Gasteiger partial charge in [0.1, 0.15) is 5.69 Å². The fourth-order valence-corrected chi connectivity index (χ4v) is 4.87. The first kappa shape index (κ1) is 21.2. The Bertz CT molecular complexity index is 1280. The largest absolute Gasteiger partial charge is 0.368 e. The number of nitrogens with zero attached hydrogens (tertiary/aromatic N) is 4. The number of anilines is 2. The maximum absolute atomic E-state index is 12.9. The zero-order valence-corrected chi connectivity index (χ0v) is 19.2. The van der Waals surface area contributed by atoms with Crippen molar-refractivity contribution >= 4 is 34.1 Å². The van der Waals surface area contributed by atoms with E-state index in [2.05, 4.69) is 57.6 Å². The molecule has 0 saturated carbocycles. The lowest BCUT2D eigenvalue weighted by Crippen LogP contribution is -2.34. The Morgan fingerprint density at radius 2 is 2.03 bits per heavy atom. The van der Waals surface area contributed by atoms with Gasteiger partial charge >= 0.3 is 0 Å². The Kier molecular flexibility index (Phi) is 6.04. The molecular formula is C26H25N5OS. The SMILES string of the molecule is CN1c2ccccc2CCC1/C=C/c1csc(NC(=O)c2cccn2Cc2ccncc2)n1. The van der Waals surface area contributed by atoms with Crippen molar-refractivity contribution in [2.45, 2.75) is 25.4 Å². The average Bonchev–Trinajstić information content (AvgIpc) is 3.49. The van der Waals surface area contributed by atoms with E-state index in [9.17, 15) is 4.79 Å². The molecule has 0 aliphatic carbocycles. The number of aryl methyl sites for hydroxylation is 1. The number of para-hydroxylation sites is 1. The highest BCUT2D eigenvalue weighted by Gasteiger charge is 2.20. The zero-order chi connectivity index (χ0) is 22.6. The predicted molar refractivity (Wildman–Crippen MR) is 134 cm³/mol. The van der Waals surface area contributed by atoms with Gasteiger partial charge in [0.15, 0.2) is 5.13 Å². The van der Waals surface area contributed by atoms with Gasteiger partial charge < -0.3 is 9.47 Å². The van der Waals surface area contributed by atoms with Crippen LogP contribution >= 0.6 is 11.3 Å². The lowest BCUT2D eigenvalue weighted by molar-refractivity contribution is 0.101. The number of hydrogen-bond donors (Lipinski definition) is 1. The summed E-state index contributed by atoms with van der Waals surface area (Å²) >= 11 is 1.44. The van der Waals surface area contributed by atoms with Crippen LogP contribution in [0.5, 0.6) is 0 Å². The molecule has 0 saturated heterocycles. The van der Waals surface area contributed by atoms with Crippen LogP contribution in [0, 0.1) is 0 Å². The lowest BCUT2D eigenvalue weighted by Gasteiger charge is -2.34. The van der Waals surface area contributed by atoms with Crippen LogP contribution in [0.25, 0.3) is 6.08 Å². The Labute approximate surface area is 197 Å². The van der Waals surface area contributed by atoms with E-state index in [0.717, 1.165) is 24.1 Å². The fraction of sp³-hybridized carbons (Fsp3) is 0.192. The third kappa shape index (κ3) is 4.73. The van der Waals surface area contributed by atoms with Crippen molar-refractivity contribution in [2.24, 2.45) is 0 Å². The van der Waals surface area contributed by atoms with Crippen molar-refractivity contribution in [3.05, 3.63) is 101 Å². The highest BCUT2D eigenvalue weighted by atomic mass is 32.1. The van der Waals surface area contributed by atoms with Gasteiger partial charge in [-0.15, -0.1) is 11.3 Å². The molecule has 1 unspecified atom stereocenters. The highest BCUT2D eigenvalue weighted by Crippen LogP contribution is 2.30. The van der Waals surface area contributed by atoms with Crippen LogP contribution in [-0.4, -0.2) is 33.5 Å². The van der Waals surface area contributed by atoms with Gasteiger partial charge in [0.05, 0.1) is 5.69 Å². The van der Waals surface area contributed by atoms with E-state index in [1.807, 2.05) is 46.5 Å². The number of nitrogens with one attached hydrogen (secondary N) is 1. The highest BCUT2D eigenvalue weighted by molar-refractivity contribution is 7.14. The molecule has 166 valence electrons. The minimum absolute atomic E-state index is 0.164. The summed E-state index contributed by atoms with van der Waals surface area (Å²) in [7, 11) is 2.14. The van der Waals surface area contributed by atoms with Gasteiger partial charge in [0.25, 0.3) is 5.91 Å². The first-order valence-corrected chi connectivity index (χ1v) is 11.9. The minimum Gasteiger partial charge on any atom is -0.368 e. The maximum Gasteiger partial charge on any atom is 0.274 e. The van der Waals surface area contributed by atoms with Gasteiger partial charge in [-0.3, -0.25) is 15.1 Å². The monoisotopic (exact) mass is 455 g/mol. The molecule has 0 radical (unpaired) electrons. The topological polar surface area (TPSA) is 63.1 Å². The average molecular weight is 456 g/mol. The molecule has 4 heterocycles. The Hall–Kier alpha value is -3.71. The molecule has 0 fully saturated rings. The molecule has 5 rings (SSSR count). The van der Waals surface area contributed by atoms with E-state index in [1.54, 1.807) is 12.4 Å². The normalized spacial score (nSPS) is 15.5. The van der Waals surface area contributed by atoms with Gasteiger partial charge in [-0.25, -0.2) is 4.98 Å². The standard InChI is InChI=1S/C26H25N5OS/c1-30-22(10-8-20-5-2-3-6-23(20)30)11-9-21-18-33-26(28-21)29-25(32)24-7-4-16-31(24)17-19-12-14-27-15-13-19/h2-7,9,11-16,18,22H,8,10,17H2,1H3,(H,28,29,32)/b11-9+. The van der Waals surface area contributed by atoms with Crippen molar-refractivity contribution in [2.75, 3.05) is 17.3 Å². The van der Waals surface area contributed by atoms with Crippen LogP contribution in [0.3, 0.4) is 0 Å². The second kappa shape index (κ2) is 9.42. The van der Waals surface area contributed by atoms with Crippen molar-refractivity contribution in [1.82, 2.24) is 14.5 Å². The van der Waals surface area contributed by atoms with Crippen molar-refractivity contribution in [3.8, 4) is 0 Å². The van der Waals surface area contributed by atoms with Crippen LogP contribution < -0.4 is 10.2 Å². The number of aromatic nitrogens is 3. The number of fused-ring (bicyclic) bond motifs is 1. The van der Waals surface area contributed by atoms with Crippen molar-refractivity contribution in [3.63, 3.8) is 0 Å². The molecular weight excluding hydrogens is 430 g/mol. The number of carbonyl (C=O) groups excluding carboxylic acids is 1. The minimum atomic E-state index is -0.164. The molecule has 0 spiro atoms. The molecule has 1 aliphatic rings. The summed E-state index contributed by atoms with van der Waals surface area (Å²) in [6.07, 6.45) is 11.8. The summed E-state index contributed by atoms with van der Waals surface area (Å²) in [5, 5.41) is 5.51. The van der Waals surface area contributed by atoms with Gasteiger partial charge in [-0.05, 0) is 60.4 Å². The van der Waals surface area contributed by atoms with Gasteiger partial charge in [0.2, 0.25) is 0 Å². The molecule has 1 amide bonds. The second-order valence-electron chi connectivity index (χ2n) is 8.11. The van der Waals surface area contributed by atoms with E-state index < -0.39 is 0 Å². The number of amides is 1. The van der Waals surface area contributed by atoms with Gasteiger partial charge in [-0.2, -0.15) is 0 Å². The Balaban J connectivity index is 1.23. The molecule has 4 aromatic rings. The van der Waals surface area contributed by atoms with Crippen LogP contribution in [-0.2, 0) is 13.0 Å². The number of benzene rings is 1. The Morgan fingerprint density at radius 1 is 1.18 bits per heavy atom. The van der Waals surface area contributed by atoms with Crippen molar-refractivity contribution in [1.29, 1.82) is 0 Å².